The molecule has 0 spiro atoms. The van der Waals surface area contributed by atoms with Crippen molar-refractivity contribution in [3.63, 3.8) is 0 Å². The van der Waals surface area contributed by atoms with Gasteiger partial charge in [0, 0.05) is 6.04 Å². The Bertz CT molecular complexity index is 747. The van der Waals surface area contributed by atoms with Crippen LogP contribution in [0, 0.1) is 0 Å². The summed E-state index contributed by atoms with van der Waals surface area (Å²) in [5.74, 6) is 0. The van der Waals surface area contributed by atoms with Gasteiger partial charge < -0.3 is 32.9 Å². The smallest absolute Gasteiger partial charge is 0.463 e. The Morgan fingerprint density at radius 1 is 0.500 bits per heavy atom. The molecule has 0 rings (SSSR count). The number of hydrogen-bond donors (Lipinski definition) is 0. The van der Waals surface area contributed by atoms with Gasteiger partial charge in [0.25, 0.3) is 0 Å². The van der Waals surface area contributed by atoms with E-state index in [4.69, 9.17) is 32.9 Å². The largest absolute Gasteiger partial charge is 0.497 e. The Hall–Kier alpha value is 2.02. The molecule has 0 aromatic heterocycles. The maximum atomic E-state index is 7.29. The Morgan fingerprint density at radius 2 is 0.818 bits per heavy atom. The van der Waals surface area contributed by atoms with E-state index >= 15 is 0 Å². The molecule has 0 amide bonds. The van der Waals surface area contributed by atoms with Crippen LogP contribution in [0.15, 0.2) is 12.3 Å². The summed E-state index contributed by atoms with van der Waals surface area (Å²) < 4.78 is 54.1. The minimum absolute atomic E-state index is 0.508. The van der Waals surface area contributed by atoms with Gasteiger partial charge >= 0.3 is 17.6 Å². The molecule has 0 fully saturated rings. The fourth-order valence-corrected chi connectivity index (χ4v) is 46.9. The summed E-state index contributed by atoms with van der Waals surface area (Å²) in [4.78, 5) is 0. The van der Waals surface area contributed by atoms with Crippen LogP contribution < -0.4 is 0 Å². The molecule has 0 radical (unpaired) electrons. The van der Waals surface area contributed by atoms with Crippen LogP contribution in [-0.4, -0.2) is 107 Å². The zero-order valence-corrected chi connectivity index (χ0v) is 45.2. The van der Waals surface area contributed by atoms with Gasteiger partial charge in [-0.3, -0.25) is 0 Å². The summed E-state index contributed by atoms with van der Waals surface area (Å²) in [5, 5.41) is 0. The van der Waals surface area contributed by atoms with Crippen molar-refractivity contribution < 1.29 is 32.9 Å². The van der Waals surface area contributed by atoms with Crippen molar-refractivity contribution in [3.8, 4) is 0 Å². The molecule has 44 heavy (non-hydrogen) atoms. The van der Waals surface area contributed by atoms with Crippen LogP contribution in [0.25, 0.3) is 0 Å². The third kappa shape index (κ3) is 21.9. The SMILES string of the molecule is C=C[Si](O[Si](C)(C)CC[SiH2]O[SiH](C)C)(O[Si](C)(C)CC[SiH2]O[SiH](C)C)O[Si](C)(C)CC[Si](O[SiH](C)C)(O[SiH](C)C)O[SiH](C)C. The van der Waals surface area contributed by atoms with Crippen LogP contribution in [0.3, 0.4) is 0 Å². The third-order valence-corrected chi connectivity index (χ3v) is 42.9. The number of rotatable bonds is 26. The first-order valence-electron chi connectivity index (χ1n) is 17.0. The second kappa shape index (κ2) is 21.3. The van der Waals surface area contributed by atoms with Gasteiger partial charge in [0.2, 0.25) is 0 Å². The maximum absolute atomic E-state index is 7.29. The lowest BCUT2D eigenvalue weighted by molar-refractivity contribution is 0.258. The molecule has 8 nitrogen and oxygen atoms in total. The summed E-state index contributed by atoms with van der Waals surface area (Å²) in [6.07, 6.45) is 0. The quantitative estimate of drug-likeness (QED) is 0.0866. The molecule has 20 heteroatoms. The molecule has 264 valence electrons. The molecule has 0 saturated heterocycles. The molecular formula is C24H72O8Si12. The van der Waals surface area contributed by atoms with Crippen molar-refractivity contribution in [3.05, 3.63) is 12.3 Å². The van der Waals surface area contributed by atoms with E-state index in [9.17, 15) is 0 Å². The van der Waals surface area contributed by atoms with Crippen molar-refractivity contribution in [1.82, 2.24) is 0 Å². The van der Waals surface area contributed by atoms with Crippen molar-refractivity contribution >= 4 is 107 Å². The fraction of sp³-hybridized carbons (Fsp3) is 0.917. The Morgan fingerprint density at radius 3 is 1.09 bits per heavy atom. The van der Waals surface area contributed by atoms with Gasteiger partial charge in [-0.1, -0.05) is 0 Å². The highest BCUT2D eigenvalue weighted by molar-refractivity contribution is 6.93. The van der Waals surface area contributed by atoms with Gasteiger partial charge in [-0.15, -0.1) is 6.58 Å². The minimum Gasteiger partial charge on any atom is -0.463 e. The van der Waals surface area contributed by atoms with Crippen molar-refractivity contribution in [1.29, 1.82) is 0 Å². The molecule has 0 N–H and O–H groups in total. The summed E-state index contributed by atoms with van der Waals surface area (Å²) in [6, 6.07) is 6.13. The van der Waals surface area contributed by atoms with Crippen molar-refractivity contribution in [2.45, 2.75) is 141 Å². The zero-order valence-electron chi connectivity index (χ0n) is 31.6. The Kier molecular flexibility index (Phi) is 22.3. The van der Waals surface area contributed by atoms with Crippen LogP contribution in [0.5, 0.6) is 0 Å². The topological polar surface area (TPSA) is 73.8 Å². The monoisotopic (exact) mass is 824 g/mol. The van der Waals surface area contributed by atoms with Gasteiger partial charge in [0.05, 0.1) is 0 Å². The molecule has 0 atom stereocenters. The van der Waals surface area contributed by atoms with E-state index in [1.165, 1.54) is 0 Å². The second-order valence-electron chi connectivity index (χ2n) is 15.1. The average Bonchev–Trinajstić information content (AvgIpc) is 2.81. The molecular weight excluding hydrogens is 753 g/mol. The van der Waals surface area contributed by atoms with Gasteiger partial charge in [0.15, 0.2) is 70.2 Å². The van der Waals surface area contributed by atoms with E-state index in [1.54, 1.807) is 0 Å². The lowest BCUT2D eigenvalue weighted by atomic mass is 10.9. The predicted molar refractivity (Wildman–Crippen MR) is 223 cm³/mol. The average molecular weight is 826 g/mol. The van der Waals surface area contributed by atoms with Gasteiger partial charge in [0.1, 0.15) is 19.5 Å². The first kappa shape index (κ1) is 46.0. The Labute approximate surface area is 291 Å². The molecule has 0 aliphatic carbocycles. The summed E-state index contributed by atoms with van der Waals surface area (Å²) in [5.41, 5.74) is 1.95. The molecule has 0 saturated carbocycles. The van der Waals surface area contributed by atoms with E-state index in [2.05, 4.69) is 111 Å². The molecule has 0 unspecified atom stereocenters. The van der Waals surface area contributed by atoms with Crippen molar-refractivity contribution in [2.75, 3.05) is 0 Å². The summed E-state index contributed by atoms with van der Waals surface area (Å²) in [7, 11) is -19.6. The van der Waals surface area contributed by atoms with Crippen LogP contribution >= 0.6 is 0 Å². The summed E-state index contributed by atoms with van der Waals surface area (Å²) >= 11 is 0. The second-order valence-corrected chi connectivity index (χ2v) is 51.3. The first-order valence-corrected chi connectivity index (χ1v) is 47.1. The van der Waals surface area contributed by atoms with E-state index in [0.717, 1.165) is 36.3 Å². The van der Waals surface area contributed by atoms with Gasteiger partial charge in [-0.25, -0.2) is 0 Å². The number of hydrogen-bond acceptors (Lipinski definition) is 8. The molecule has 0 aliphatic rings. The normalized spacial score (nSPS) is 15.8. The molecule has 0 aromatic rings. The fourth-order valence-electron chi connectivity index (χ4n) is 4.92. The molecule has 0 bridgehead atoms. The lowest BCUT2D eigenvalue weighted by Crippen LogP contribution is -2.61. The van der Waals surface area contributed by atoms with Crippen molar-refractivity contribution in [2.24, 2.45) is 0 Å². The zero-order chi connectivity index (χ0) is 34.4. The highest BCUT2D eigenvalue weighted by Gasteiger charge is 2.52. The van der Waals surface area contributed by atoms with Crippen LogP contribution in [0.4, 0.5) is 0 Å². The maximum Gasteiger partial charge on any atom is 0.497 e. The van der Waals surface area contributed by atoms with E-state index in [0.29, 0.717) is 0 Å². The van der Waals surface area contributed by atoms with E-state index in [1.807, 2.05) is 5.70 Å². The van der Waals surface area contributed by atoms with E-state index in [-0.39, 0.29) is 0 Å². The highest BCUT2D eigenvalue weighted by Crippen LogP contribution is 2.34. The standard InChI is InChI=1S/C24H72O8Si12/c1-18-43(30-40(12,13)21-19-33-25-35(2)3,31-41(14,15)22-20-34-26-36(4)5)32-42(16,17)23-24-44(27-37(6)7,28-38(8)9)29-39(10)11/h18,35-39H,1,19-24,33-34H2,2-17H3. The lowest BCUT2D eigenvalue weighted by Gasteiger charge is -2.44. The highest BCUT2D eigenvalue weighted by atomic mass is 28.5. The molecule has 0 heterocycles. The van der Waals surface area contributed by atoms with Gasteiger partial charge in [-0.2, -0.15) is 0 Å². The van der Waals surface area contributed by atoms with Gasteiger partial charge in [-0.05, 0) is 141 Å². The van der Waals surface area contributed by atoms with Crippen LogP contribution in [0.2, 0.25) is 141 Å². The van der Waals surface area contributed by atoms with Crippen LogP contribution in [-0.2, 0) is 32.9 Å². The van der Waals surface area contributed by atoms with E-state index < -0.39 is 107 Å². The summed E-state index contributed by atoms with van der Waals surface area (Å²) in [6.45, 7) is 40.6. The Balaban J connectivity index is 6.22. The first-order chi connectivity index (χ1) is 20.0. The minimum atomic E-state index is -3.20. The molecule has 0 aliphatic heterocycles. The predicted octanol–water partition coefficient (Wildman–Crippen LogP) is 5.26. The third-order valence-electron chi connectivity index (χ3n) is 6.53. The van der Waals surface area contributed by atoms with Crippen LogP contribution in [0.1, 0.15) is 0 Å². The molecule has 0 aromatic carbocycles.